The van der Waals surface area contributed by atoms with Crippen LogP contribution in [0.1, 0.15) is 19.8 Å². The SMILES string of the molecule is CC1C=CCCC1C(=O)CCl. The molecule has 0 bridgehead atoms. The lowest BCUT2D eigenvalue weighted by Crippen LogP contribution is -2.23. The Labute approximate surface area is 72.4 Å². The molecule has 0 aromatic heterocycles. The van der Waals surface area contributed by atoms with Gasteiger partial charge in [0, 0.05) is 5.92 Å². The van der Waals surface area contributed by atoms with Crippen LogP contribution in [0.15, 0.2) is 12.2 Å². The molecule has 1 aliphatic rings. The highest BCUT2D eigenvalue weighted by atomic mass is 35.5. The van der Waals surface area contributed by atoms with Crippen molar-refractivity contribution in [3.05, 3.63) is 12.2 Å². The number of ketones is 1. The van der Waals surface area contributed by atoms with Gasteiger partial charge in [0.05, 0.1) is 5.88 Å². The van der Waals surface area contributed by atoms with E-state index in [4.69, 9.17) is 11.6 Å². The van der Waals surface area contributed by atoms with E-state index in [9.17, 15) is 4.79 Å². The molecule has 11 heavy (non-hydrogen) atoms. The van der Waals surface area contributed by atoms with Crippen LogP contribution in [0.5, 0.6) is 0 Å². The molecule has 62 valence electrons. The zero-order chi connectivity index (χ0) is 8.27. The summed E-state index contributed by atoms with van der Waals surface area (Å²) >= 11 is 5.48. The standard InChI is InChI=1S/C9H13ClO/c1-7-4-2-3-5-8(7)9(11)6-10/h2,4,7-8H,3,5-6H2,1H3. The maximum Gasteiger partial charge on any atom is 0.151 e. The Balaban J connectivity index is 2.57. The quantitative estimate of drug-likeness (QED) is 0.462. The van der Waals surface area contributed by atoms with Gasteiger partial charge in [-0.1, -0.05) is 19.1 Å². The molecule has 0 spiro atoms. The highest BCUT2D eigenvalue weighted by Gasteiger charge is 2.23. The van der Waals surface area contributed by atoms with Crippen LogP contribution in [0.3, 0.4) is 0 Å². The molecule has 1 aliphatic carbocycles. The highest BCUT2D eigenvalue weighted by Crippen LogP contribution is 2.25. The minimum Gasteiger partial charge on any atom is -0.298 e. The Hall–Kier alpha value is -0.300. The lowest BCUT2D eigenvalue weighted by Gasteiger charge is -2.21. The van der Waals surface area contributed by atoms with Gasteiger partial charge >= 0.3 is 0 Å². The molecule has 0 fully saturated rings. The largest absolute Gasteiger partial charge is 0.298 e. The number of halogens is 1. The van der Waals surface area contributed by atoms with Gasteiger partial charge in [-0.2, -0.15) is 0 Å². The van der Waals surface area contributed by atoms with Gasteiger partial charge in [-0.3, -0.25) is 4.79 Å². The van der Waals surface area contributed by atoms with Crippen molar-refractivity contribution in [2.45, 2.75) is 19.8 Å². The maximum absolute atomic E-state index is 11.2. The van der Waals surface area contributed by atoms with E-state index in [2.05, 4.69) is 19.1 Å². The van der Waals surface area contributed by atoms with Crippen molar-refractivity contribution in [3.63, 3.8) is 0 Å². The molecule has 0 heterocycles. The normalized spacial score (nSPS) is 30.4. The molecule has 0 saturated carbocycles. The molecule has 0 aromatic rings. The van der Waals surface area contributed by atoms with E-state index in [0.29, 0.717) is 5.92 Å². The van der Waals surface area contributed by atoms with Crippen LogP contribution >= 0.6 is 11.6 Å². The first kappa shape index (κ1) is 8.79. The summed E-state index contributed by atoms with van der Waals surface area (Å²) in [6.45, 7) is 2.07. The zero-order valence-electron chi connectivity index (χ0n) is 6.72. The van der Waals surface area contributed by atoms with Crippen LogP contribution in [0.4, 0.5) is 0 Å². The summed E-state index contributed by atoms with van der Waals surface area (Å²) in [6.07, 6.45) is 6.25. The summed E-state index contributed by atoms with van der Waals surface area (Å²) in [5, 5.41) is 0. The summed E-state index contributed by atoms with van der Waals surface area (Å²) in [7, 11) is 0. The van der Waals surface area contributed by atoms with Gasteiger partial charge in [-0.15, -0.1) is 11.6 Å². The fourth-order valence-electron chi connectivity index (χ4n) is 1.54. The summed E-state index contributed by atoms with van der Waals surface area (Å²) in [5.41, 5.74) is 0. The Morgan fingerprint density at radius 1 is 1.73 bits per heavy atom. The number of hydrogen-bond donors (Lipinski definition) is 0. The van der Waals surface area contributed by atoms with E-state index in [1.54, 1.807) is 0 Å². The smallest absolute Gasteiger partial charge is 0.151 e. The van der Waals surface area contributed by atoms with E-state index >= 15 is 0 Å². The average Bonchev–Trinajstić information content (AvgIpc) is 2.04. The second-order valence-electron chi connectivity index (χ2n) is 3.07. The fraction of sp³-hybridized carbons (Fsp3) is 0.667. The summed E-state index contributed by atoms with van der Waals surface area (Å²) in [4.78, 5) is 11.2. The van der Waals surface area contributed by atoms with Crippen molar-refractivity contribution in [3.8, 4) is 0 Å². The third-order valence-electron chi connectivity index (χ3n) is 2.26. The fourth-order valence-corrected chi connectivity index (χ4v) is 1.74. The molecular weight excluding hydrogens is 160 g/mol. The Bertz CT molecular complexity index is 174. The van der Waals surface area contributed by atoms with Gasteiger partial charge in [0.1, 0.15) is 0 Å². The average molecular weight is 173 g/mol. The van der Waals surface area contributed by atoms with Crippen LogP contribution in [-0.4, -0.2) is 11.7 Å². The van der Waals surface area contributed by atoms with E-state index in [1.807, 2.05) is 0 Å². The van der Waals surface area contributed by atoms with Crippen molar-refractivity contribution in [2.75, 3.05) is 5.88 Å². The molecule has 0 amide bonds. The zero-order valence-corrected chi connectivity index (χ0v) is 7.47. The number of Topliss-reactive ketones (excluding diaryl/α,β-unsaturated/α-hetero) is 1. The second-order valence-corrected chi connectivity index (χ2v) is 3.34. The molecular formula is C9H13ClO. The van der Waals surface area contributed by atoms with Gasteiger partial charge in [-0.25, -0.2) is 0 Å². The topological polar surface area (TPSA) is 17.1 Å². The van der Waals surface area contributed by atoms with Crippen molar-refractivity contribution in [1.82, 2.24) is 0 Å². The molecule has 1 nitrogen and oxygen atoms in total. The van der Waals surface area contributed by atoms with Gasteiger partial charge in [-0.05, 0) is 18.8 Å². The number of carbonyl (C=O) groups excluding carboxylic acids is 1. The van der Waals surface area contributed by atoms with Gasteiger partial charge in [0.25, 0.3) is 0 Å². The lowest BCUT2D eigenvalue weighted by molar-refractivity contribution is -0.121. The van der Waals surface area contributed by atoms with E-state index in [-0.39, 0.29) is 17.6 Å². The Kier molecular flexibility index (Phi) is 3.13. The predicted molar refractivity (Wildman–Crippen MR) is 46.8 cm³/mol. The molecule has 0 N–H and O–H groups in total. The molecule has 1 rings (SSSR count). The number of hydrogen-bond acceptors (Lipinski definition) is 1. The third kappa shape index (κ3) is 2.06. The van der Waals surface area contributed by atoms with Crippen LogP contribution in [0.25, 0.3) is 0 Å². The molecule has 0 aromatic carbocycles. The Morgan fingerprint density at radius 3 is 3.00 bits per heavy atom. The molecule has 2 atom stereocenters. The number of alkyl halides is 1. The maximum atomic E-state index is 11.2. The lowest BCUT2D eigenvalue weighted by atomic mass is 9.83. The van der Waals surface area contributed by atoms with Gasteiger partial charge in [0.15, 0.2) is 5.78 Å². The predicted octanol–water partition coefficient (Wildman–Crippen LogP) is 2.40. The van der Waals surface area contributed by atoms with E-state index in [0.717, 1.165) is 12.8 Å². The van der Waals surface area contributed by atoms with E-state index in [1.165, 1.54) is 0 Å². The van der Waals surface area contributed by atoms with Crippen molar-refractivity contribution >= 4 is 17.4 Å². The second kappa shape index (κ2) is 3.91. The number of allylic oxidation sites excluding steroid dienone is 2. The van der Waals surface area contributed by atoms with Crippen LogP contribution < -0.4 is 0 Å². The first-order valence-electron chi connectivity index (χ1n) is 4.01. The monoisotopic (exact) mass is 172 g/mol. The third-order valence-corrected chi connectivity index (χ3v) is 2.53. The van der Waals surface area contributed by atoms with Gasteiger partial charge in [0.2, 0.25) is 0 Å². The van der Waals surface area contributed by atoms with Crippen LogP contribution in [0.2, 0.25) is 0 Å². The van der Waals surface area contributed by atoms with Crippen LogP contribution in [0, 0.1) is 11.8 Å². The van der Waals surface area contributed by atoms with E-state index < -0.39 is 0 Å². The van der Waals surface area contributed by atoms with Gasteiger partial charge < -0.3 is 0 Å². The summed E-state index contributed by atoms with van der Waals surface area (Å²) in [6, 6.07) is 0. The minimum atomic E-state index is 0.169. The van der Waals surface area contributed by atoms with Crippen LogP contribution in [-0.2, 0) is 4.79 Å². The Morgan fingerprint density at radius 2 is 2.45 bits per heavy atom. The van der Waals surface area contributed by atoms with Crippen molar-refractivity contribution in [1.29, 1.82) is 0 Å². The minimum absolute atomic E-state index is 0.169. The molecule has 2 unspecified atom stereocenters. The molecule has 0 radical (unpaired) electrons. The summed E-state index contributed by atoms with van der Waals surface area (Å²) < 4.78 is 0. The molecule has 0 aliphatic heterocycles. The summed E-state index contributed by atoms with van der Waals surface area (Å²) in [5.74, 6) is 0.930. The first-order valence-corrected chi connectivity index (χ1v) is 4.54. The number of rotatable bonds is 2. The molecule has 2 heteroatoms. The van der Waals surface area contributed by atoms with Crippen molar-refractivity contribution < 1.29 is 4.79 Å². The number of carbonyl (C=O) groups is 1. The first-order chi connectivity index (χ1) is 5.25. The van der Waals surface area contributed by atoms with Crippen molar-refractivity contribution in [2.24, 2.45) is 11.8 Å². The highest BCUT2D eigenvalue weighted by molar-refractivity contribution is 6.27. The molecule has 0 saturated heterocycles.